The van der Waals surface area contributed by atoms with Gasteiger partial charge in [-0.05, 0) is 25.1 Å². The SMILES string of the molecule is Cc1cc(-c2csc(S(=O)(=O)Nc3ccccc3)c2)on1. The summed E-state index contributed by atoms with van der Waals surface area (Å²) >= 11 is 1.14. The van der Waals surface area contributed by atoms with E-state index in [-0.39, 0.29) is 4.21 Å². The molecule has 0 amide bonds. The molecule has 5 nitrogen and oxygen atoms in total. The standard InChI is InChI=1S/C14H12N2O3S2/c1-10-7-13(19-15-10)11-8-14(20-9-11)21(17,18)16-12-5-3-2-4-6-12/h2-9,16H,1H3. The van der Waals surface area contributed by atoms with Gasteiger partial charge in [0.1, 0.15) is 4.21 Å². The summed E-state index contributed by atoms with van der Waals surface area (Å²) in [5.74, 6) is 0.560. The molecule has 0 unspecified atom stereocenters. The molecule has 1 aromatic carbocycles. The minimum absolute atomic E-state index is 0.232. The van der Waals surface area contributed by atoms with E-state index in [1.807, 2.05) is 13.0 Å². The van der Waals surface area contributed by atoms with Crippen molar-refractivity contribution >= 4 is 27.0 Å². The van der Waals surface area contributed by atoms with E-state index in [0.717, 1.165) is 17.0 Å². The van der Waals surface area contributed by atoms with Crippen molar-refractivity contribution < 1.29 is 12.9 Å². The van der Waals surface area contributed by atoms with E-state index >= 15 is 0 Å². The Kier molecular flexibility index (Phi) is 3.52. The van der Waals surface area contributed by atoms with Crippen LogP contribution in [0.4, 0.5) is 5.69 Å². The number of hydrogen-bond donors (Lipinski definition) is 1. The van der Waals surface area contributed by atoms with E-state index in [4.69, 9.17) is 4.52 Å². The summed E-state index contributed by atoms with van der Waals surface area (Å²) in [5, 5.41) is 5.53. The van der Waals surface area contributed by atoms with Gasteiger partial charge in [-0.25, -0.2) is 8.42 Å². The fourth-order valence-electron chi connectivity index (χ4n) is 1.80. The molecular formula is C14H12N2O3S2. The zero-order chi connectivity index (χ0) is 14.9. The van der Waals surface area contributed by atoms with Gasteiger partial charge in [0.2, 0.25) is 0 Å². The second kappa shape index (κ2) is 5.34. The molecule has 0 aliphatic carbocycles. The molecule has 0 bridgehead atoms. The number of aryl methyl sites for hydroxylation is 1. The molecule has 0 saturated carbocycles. The number of anilines is 1. The van der Waals surface area contributed by atoms with Crippen LogP contribution in [0.3, 0.4) is 0 Å². The number of aromatic nitrogens is 1. The molecule has 0 radical (unpaired) electrons. The van der Waals surface area contributed by atoms with Crippen LogP contribution in [-0.4, -0.2) is 13.6 Å². The van der Waals surface area contributed by atoms with Gasteiger partial charge >= 0.3 is 0 Å². The van der Waals surface area contributed by atoms with Gasteiger partial charge < -0.3 is 4.52 Å². The monoisotopic (exact) mass is 320 g/mol. The summed E-state index contributed by atoms with van der Waals surface area (Å²) in [6.45, 7) is 1.81. The number of sulfonamides is 1. The third-order valence-corrected chi connectivity index (χ3v) is 5.60. The van der Waals surface area contributed by atoms with Gasteiger partial charge in [-0.1, -0.05) is 23.4 Å². The van der Waals surface area contributed by atoms with Crippen LogP contribution in [0, 0.1) is 6.92 Å². The zero-order valence-electron chi connectivity index (χ0n) is 11.1. The molecule has 1 N–H and O–H groups in total. The van der Waals surface area contributed by atoms with Crippen molar-refractivity contribution in [2.24, 2.45) is 0 Å². The van der Waals surface area contributed by atoms with E-state index in [1.54, 1.807) is 41.8 Å². The van der Waals surface area contributed by atoms with Crippen molar-refractivity contribution in [3.8, 4) is 11.3 Å². The number of benzene rings is 1. The molecule has 0 fully saturated rings. The molecule has 21 heavy (non-hydrogen) atoms. The predicted octanol–water partition coefficient (Wildman–Crippen LogP) is 3.51. The summed E-state index contributed by atoms with van der Waals surface area (Å²) in [6, 6.07) is 12.1. The van der Waals surface area contributed by atoms with E-state index in [1.165, 1.54) is 0 Å². The van der Waals surface area contributed by atoms with E-state index < -0.39 is 10.0 Å². The second-order valence-electron chi connectivity index (χ2n) is 4.46. The molecule has 108 valence electrons. The maximum Gasteiger partial charge on any atom is 0.271 e. The number of rotatable bonds is 4. The Morgan fingerprint density at radius 2 is 1.95 bits per heavy atom. The summed E-state index contributed by atoms with van der Waals surface area (Å²) in [5.41, 5.74) is 1.99. The van der Waals surface area contributed by atoms with Crippen LogP contribution in [0.1, 0.15) is 5.69 Å². The summed E-state index contributed by atoms with van der Waals surface area (Å²) in [6.07, 6.45) is 0. The lowest BCUT2D eigenvalue weighted by molar-refractivity contribution is 0.427. The first-order chi connectivity index (χ1) is 10.0. The third-order valence-electron chi connectivity index (χ3n) is 2.78. The minimum atomic E-state index is -3.59. The molecule has 0 aliphatic heterocycles. The van der Waals surface area contributed by atoms with Crippen LogP contribution in [0.15, 0.2) is 56.6 Å². The lowest BCUT2D eigenvalue weighted by Gasteiger charge is -2.05. The van der Waals surface area contributed by atoms with Crippen LogP contribution in [0.2, 0.25) is 0 Å². The number of thiophene rings is 1. The highest BCUT2D eigenvalue weighted by atomic mass is 32.2. The molecule has 0 saturated heterocycles. The van der Waals surface area contributed by atoms with Crippen molar-refractivity contribution in [2.45, 2.75) is 11.1 Å². The van der Waals surface area contributed by atoms with Crippen molar-refractivity contribution in [1.29, 1.82) is 0 Å². The van der Waals surface area contributed by atoms with E-state index in [2.05, 4.69) is 9.88 Å². The van der Waals surface area contributed by atoms with E-state index in [9.17, 15) is 8.42 Å². The topological polar surface area (TPSA) is 72.2 Å². The summed E-state index contributed by atoms with van der Waals surface area (Å²) in [4.78, 5) is 0. The average Bonchev–Trinajstić information content (AvgIpc) is 3.08. The quantitative estimate of drug-likeness (QED) is 0.798. The van der Waals surface area contributed by atoms with Crippen LogP contribution >= 0.6 is 11.3 Å². The highest BCUT2D eigenvalue weighted by molar-refractivity contribution is 7.94. The molecule has 0 spiro atoms. The Labute approximate surface area is 126 Å². The predicted molar refractivity (Wildman–Crippen MR) is 81.8 cm³/mol. The third kappa shape index (κ3) is 2.98. The largest absolute Gasteiger partial charge is 0.356 e. The van der Waals surface area contributed by atoms with Crippen molar-refractivity contribution in [3.63, 3.8) is 0 Å². The van der Waals surface area contributed by atoms with Gasteiger partial charge in [0.05, 0.1) is 5.69 Å². The fraction of sp³-hybridized carbons (Fsp3) is 0.0714. The number of para-hydroxylation sites is 1. The Balaban J connectivity index is 1.88. The second-order valence-corrected chi connectivity index (χ2v) is 7.28. The molecule has 7 heteroatoms. The molecule has 0 aliphatic rings. The zero-order valence-corrected chi connectivity index (χ0v) is 12.7. The van der Waals surface area contributed by atoms with Crippen LogP contribution in [0.25, 0.3) is 11.3 Å². The lowest BCUT2D eigenvalue weighted by Crippen LogP contribution is -2.11. The highest BCUT2D eigenvalue weighted by Gasteiger charge is 2.18. The average molecular weight is 320 g/mol. The summed E-state index contributed by atoms with van der Waals surface area (Å²) in [7, 11) is -3.59. The Morgan fingerprint density at radius 3 is 2.62 bits per heavy atom. The molecule has 2 heterocycles. The van der Waals surface area contributed by atoms with Gasteiger partial charge in [0, 0.05) is 22.7 Å². The minimum Gasteiger partial charge on any atom is -0.356 e. The van der Waals surface area contributed by atoms with Gasteiger partial charge in [-0.3, -0.25) is 4.72 Å². The summed E-state index contributed by atoms with van der Waals surface area (Å²) < 4.78 is 32.5. The normalized spacial score (nSPS) is 11.5. The molecule has 0 atom stereocenters. The highest BCUT2D eigenvalue weighted by Crippen LogP contribution is 2.29. The molecule has 3 aromatic rings. The van der Waals surface area contributed by atoms with Gasteiger partial charge in [-0.15, -0.1) is 11.3 Å². The van der Waals surface area contributed by atoms with Crippen LogP contribution in [0.5, 0.6) is 0 Å². The van der Waals surface area contributed by atoms with Crippen molar-refractivity contribution in [2.75, 3.05) is 4.72 Å². The first kappa shape index (κ1) is 13.8. The lowest BCUT2D eigenvalue weighted by atomic mass is 10.2. The van der Waals surface area contributed by atoms with Crippen LogP contribution in [-0.2, 0) is 10.0 Å². The van der Waals surface area contributed by atoms with Gasteiger partial charge in [-0.2, -0.15) is 0 Å². The molecule has 2 aromatic heterocycles. The Hall–Kier alpha value is -2.12. The number of nitrogens with one attached hydrogen (secondary N) is 1. The van der Waals surface area contributed by atoms with Gasteiger partial charge in [0.15, 0.2) is 5.76 Å². The maximum atomic E-state index is 12.3. The Bertz CT molecular complexity index is 851. The Morgan fingerprint density at radius 1 is 1.19 bits per heavy atom. The molecule has 3 rings (SSSR count). The van der Waals surface area contributed by atoms with Gasteiger partial charge in [0.25, 0.3) is 10.0 Å². The van der Waals surface area contributed by atoms with E-state index in [0.29, 0.717) is 17.0 Å². The number of hydrogen-bond acceptors (Lipinski definition) is 5. The first-order valence-corrected chi connectivity index (χ1v) is 8.51. The number of nitrogens with zero attached hydrogens (tertiary/aromatic N) is 1. The maximum absolute atomic E-state index is 12.3. The fourth-order valence-corrected chi connectivity index (χ4v) is 4.03. The smallest absolute Gasteiger partial charge is 0.271 e. The first-order valence-electron chi connectivity index (χ1n) is 6.15. The van der Waals surface area contributed by atoms with Crippen molar-refractivity contribution in [1.82, 2.24) is 5.16 Å². The molecular weight excluding hydrogens is 308 g/mol. The van der Waals surface area contributed by atoms with Crippen LogP contribution < -0.4 is 4.72 Å². The van der Waals surface area contributed by atoms with Crippen molar-refractivity contribution in [3.05, 3.63) is 53.5 Å².